The van der Waals surface area contributed by atoms with Gasteiger partial charge in [0.15, 0.2) is 0 Å². The average Bonchev–Trinajstić information content (AvgIpc) is 2.18. The smallest absolute Gasteiger partial charge is 0.142 e. The first kappa shape index (κ1) is 9.20. The summed E-state index contributed by atoms with van der Waals surface area (Å²) in [7, 11) is 0. The van der Waals surface area contributed by atoms with Gasteiger partial charge in [0, 0.05) is 11.1 Å². The predicted molar refractivity (Wildman–Crippen MR) is 53.0 cm³/mol. The van der Waals surface area contributed by atoms with Crippen molar-refractivity contribution >= 4 is 28.5 Å². The van der Waals surface area contributed by atoms with E-state index in [1.165, 1.54) is 6.33 Å². The molecule has 0 fully saturated rings. The Kier molecular flexibility index (Phi) is 2.09. The van der Waals surface area contributed by atoms with Crippen molar-refractivity contribution in [1.29, 1.82) is 0 Å². The number of nitrogens with one attached hydrogen (secondary N) is 1. The summed E-state index contributed by atoms with van der Waals surface area (Å²) in [6, 6.07) is 4.96. The second kappa shape index (κ2) is 3.41. The van der Waals surface area contributed by atoms with Gasteiger partial charge in [-0.2, -0.15) is 0 Å². The van der Waals surface area contributed by atoms with Crippen LogP contribution in [0.5, 0.6) is 0 Å². The van der Waals surface area contributed by atoms with Crippen molar-refractivity contribution in [3.05, 3.63) is 24.5 Å². The second-order valence-electron chi connectivity index (χ2n) is 2.91. The Morgan fingerprint density at radius 1 is 1.40 bits per heavy atom. The number of carbonyl (C=O) groups is 1. The zero-order valence-electron chi connectivity index (χ0n) is 7.60. The van der Waals surface area contributed by atoms with Gasteiger partial charge >= 0.3 is 0 Å². The molecule has 0 saturated heterocycles. The Labute approximate surface area is 84.8 Å². The third-order valence-electron chi connectivity index (χ3n) is 1.88. The van der Waals surface area contributed by atoms with Crippen molar-refractivity contribution < 1.29 is 9.90 Å². The highest BCUT2D eigenvalue weighted by Gasteiger charge is 2.03. The van der Waals surface area contributed by atoms with E-state index in [1.54, 1.807) is 18.2 Å². The lowest BCUT2D eigenvalue weighted by Crippen LogP contribution is -2.29. The lowest BCUT2D eigenvalue weighted by Gasteiger charge is -2.08. The van der Waals surface area contributed by atoms with Crippen LogP contribution in [0.25, 0.3) is 10.9 Å². The number of anilines is 2. The van der Waals surface area contributed by atoms with Crippen LogP contribution in [0.2, 0.25) is 0 Å². The minimum Gasteiger partial charge on any atom is -0.530 e. The third-order valence-corrected chi connectivity index (χ3v) is 1.88. The van der Waals surface area contributed by atoms with Gasteiger partial charge in [0.25, 0.3) is 0 Å². The SMILES string of the molecule is Nc1ccc2ncnc(NC(=O)[O-])c2c1. The molecule has 1 heterocycles. The number of nitrogen functional groups attached to an aromatic ring is 1. The summed E-state index contributed by atoms with van der Waals surface area (Å²) in [6.45, 7) is 0. The number of carbonyl (C=O) groups excluding carboxylic acids is 1. The number of carboxylic acid groups (broad SMARTS) is 1. The van der Waals surface area contributed by atoms with Crippen LogP contribution in [0.15, 0.2) is 24.5 Å². The van der Waals surface area contributed by atoms with Crippen molar-refractivity contribution in [2.45, 2.75) is 0 Å². The lowest BCUT2D eigenvalue weighted by molar-refractivity contribution is -0.242. The van der Waals surface area contributed by atoms with E-state index in [9.17, 15) is 9.90 Å². The van der Waals surface area contributed by atoms with E-state index < -0.39 is 6.09 Å². The average molecular weight is 203 g/mol. The molecule has 1 aromatic carbocycles. The van der Waals surface area contributed by atoms with Gasteiger partial charge in [-0.15, -0.1) is 0 Å². The van der Waals surface area contributed by atoms with Gasteiger partial charge in [-0.25, -0.2) is 9.97 Å². The van der Waals surface area contributed by atoms with E-state index in [4.69, 9.17) is 5.73 Å². The van der Waals surface area contributed by atoms with Gasteiger partial charge in [-0.05, 0) is 18.2 Å². The van der Waals surface area contributed by atoms with Crippen LogP contribution in [0.1, 0.15) is 0 Å². The van der Waals surface area contributed by atoms with E-state index in [-0.39, 0.29) is 5.82 Å². The molecule has 15 heavy (non-hydrogen) atoms. The summed E-state index contributed by atoms with van der Waals surface area (Å²) < 4.78 is 0. The Morgan fingerprint density at radius 2 is 2.20 bits per heavy atom. The number of nitrogens with two attached hydrogens (primary N) is 1. The Balaban J connectivity index is 2.63. The molecule has 6 nitrogen and oxygen atoms in total. The summed E-state index contributed by atoms with van der Waals surface area (Å²) in [4.78, 5) is 18.1. The van der Waals surface area contributed by atoms with E-state index in [0.717, 1.165) is 0 Å². The molecule has 1 aromatic heterocycles. The summed E-state index contributed by atoms with van der Waals surface area (Å²) >= 11 is 0. The predicted octanol–water partition coefficient (Wildman–Crippen LogP) is -0.0328. The van der Waals surface area contributed by atoms with Crippen LogP contribution in [0.3, 0.4) is 0 Å². The zero-order valence-corrected chi connectivity index (χ0v) is 7.60. The molecule has 0 atom stereocenters. The van der Waals surface area contributed by atoms with Crippen LogP contribution >= 0.6 is 0 Å². The Morgan fingerprint density at radius 3 is 2.93 bits per heavy atom. The quantitative estimate of drug-likeness (QED) is 0.633. The Hall–Kier alpha value is -2.37. The van der Waals surface area contributed by atoms with E-state index >= 15 is 0 Å². The highest BCUT2D eigenvalue weighted by molar-refractivity contribution is 5.96. The van der Waals surface area contributed by atoms with Gasteiger partial charge in [0.05, 0.1) is 5.52 Å². The molecular formula is C9H7N4O2-. The second-order valence-corrected chi connectivity index (χ2v) is 2.91. The van der Waals surface area contributed by atoms with Crippen molar-refractivity contribution in [2.75, 3.05) is 11.1 Å². The Bertz CT molecular complexity index is 527. The zero-order chi connectivity index (χ0) is 10.8. The molecule has 76 valence electrons. The normalized spacial score (nSPS) is 10.1. The first-order valence-electron chi connectivity index (χ1n) is 4.15. The molecule has 0 radical (unpaired) electrons. The monoisotopic (exact) mass is 203 g/mol. The van der Waals surface area contributed by atoms with Crippen LogP contribution < -0.4 is 16.2 Å². The van der Waals surface area contributed by atoms with Gasteiger partial charge in [0.1, 0.15) is 18.2 Å². The maximum atomic E-state index is 10.4. The molecule has 0 bridgehead atoms. The minimum absolute atomic E-state index is 0.173. The number of nitrogens with zero attached hydrogens (tertiary/aromatic N) is 2. The molecule has 3 N–H and O–H groups in total. The van der Waals surface area contributed by atoms with E-state index in [2.05, 4.69) is 15.3 Å². The molecule has 0 unspecified atom stereocenters. The van der Waals surface area contributed by atoms with Crippen molar-refractivity contribution in [2.24, 2.45) is 0 Å². The standard InChI is InChI=1S/C9H8N4O2/c10-5-1-2-7-6(3-5)8(12-4-11-7)13-9(14)15/h1-4H,10H2,(H,14,15)(H,11,12,13)/p-1. The van der Waals surface area contributed by atoms with Gasteiger partial charge in [0.2, 0.25) is 0 Å². The van der Waals surface area contributed by atoms with Crippen LogP contribution in [0, 0.1) is 0 Å². The van der Waals surface area contributed by atoms with Gasteiger partial charge in [-0.3, -0.25) is 0 Å². The first-order chi connectivity index (χ1) is 7.16. The maximum Gasteiger partial charge on any atom is 0.142 e. The third kappa shape index (κ3) is 1.78. The van der Waals surface area contributed by atoms with E-state index in [1.807, 2.05) is 0 Å². The molecule has 0 aliphatic carbocycles. The highest BCUT2D eigenvalue weighted by Crippen LogP contribution is 2.21. The summed E-state index contributed by atoms with van der Waals surface area (Å²) in [5.41, 5.74) is 6.70. The minimum atomic E-state index is -1.42. The molecule has 1 amide bonds. The number of fused-ring (bicyclic) bond motifs is 1. The molecule has 0 saturated carbocycles. The molecule has 6 heteroatoms. The molecular weight excluding hydrogens is 196 g/mol. The van der Waals surface area contributed by atoms with Gasteiger partial charge < -0.3 is 21.0 Å². The topological polar surface area (TPSA) is 104 Å². The molecule has 0 aliphatic heterocycles. The molecule has 2 aromatic rings. The van der Waals surface area contributed by atoms with Crippen molar-refractivity contribution in [1.82, 2.24) is 9.97 Å². The van der Waals surface area contributed by atoms with Gasteiger partial charge in [-0.1, -0.05) is 0 Å². The summed E-state index contributed by atoms with van der Waals surface area (Å²) in [5.74, 6) is 0.173. The largest absolute Gasteiger partial charge is 0.530 e. The van der Waals surface area contributed by atoms with Crippen molar-refractivity contribution in [3.8, 4) is 0 Å². The number of amides is 1. The van der Waals surface area contributed by atoms with Crippen LogP contribution in [-0.4, -0.2) is 16.1 Å². The number of hydrogen-bond donors (Lipinski definition) is 2. The highest BCUT2D eigenvalue weighted by atomic mass is 16.4. The lowest BCUT2D eigenvalue weighted by atomic mass is 10.2. The molecule has 0 aliphatic rings. The molecule has 0 spiro atoms. The number of benzene rings is 1. The maximum absolute atomic E-state index is 10.4. The summed E-state index contributed by atoms with van der Waals surface area (Å²) in [5, 5.41) is 13.0. The first-order valence-corrected chi connectivity index (χ1v) is 4.15. The van der Waals surface area contributed by atoms with Crippen LogP contribution in [-0.2, 0) is 0 Å². The molecule has 2 rings (SSSR count). The van der Waals surface area contributed by atoms with Crippen molar-refractivity contribution in [3.63, 3.8) is 0 Å². The van der Waals surface area contributed by atoms with E-state index in [0.29, 0.717) is 16.6 Å². The fourth-order valence-electron chi connectivity index (χ4n) is 1.27. The summed E-state index contributed by atoms with van der Waals surface area (Å²) in [6.07, 6.45) is -0.151. The fraction of sp³-hybridized carbons (Fsp3) is 0. The number of rotatable bonds is 1. The number of aromatic nitrogens is 2. The number of hydrogen-bond acceptors (Lipinski definition) is 5. The van der Waals surface area contributed by atoms with Crippen LogP contribution in [0.4, 0.5) is 16.3 Å². The fourth-order valence-corrected chi connectivity index (χ4v) is 1.27.